The van der Waals surface area contributed by atoms with Crippen LogP contribution in [-0.2, 0) is 9.59 Å². The monoisotopic (exact) mass is 368 g/mol. The Morgan fingerprint density at radius 3 is 2.40 bits per heavy atom. The van der Waals surface area contributed by atoms with E-state index in [2.05, 4.69) is 24.5 Å². The first-order chi connectivity index (χ1) is 11.9. The van der Waals surface area contributed by atoms with Crippen LogP contribution in [0.1, 0.15) is 26.7 Å². The maximum Gasteiger partial charge on any atom is 0.228 e. The van der Waals surface area contributed by atoms with Crippen molar-refractivity contribution in [1.82, 2.24) is 5.32 Å². The third kappa shape index (κ3) is 5.01. The van der Waals surface area contributed by atoms with Gasteiger partial charge in [0.2, 0.25) is 11.8 Å². The van der Waals surface area contributed by atoms with E-state index in [1.165, 1.54) is 14.2 Å². The van der Waals surface area contributed by atoms with Gasteiger partial charge < -0.3 is 20.1 Å². The first-order valence-electron chi connectivity index (χ1n) is 8.37. The van der Waals surface area contributed by atoms with Crippen LogP contribution in [-0.4, -0.2) is 32.6 Å². The van der Waals surface area contributed by atoms with Crippen LogP contribution in [0, 0.1) is 17.8 Å². The van der Waals surface area contributed by atoms with Crippen molar-refractivity contribution in [2.24, 2.45) is 17.8 Å². The molecule has 2 N–H and O–H groups in total. The van der Waals surface area contributed by atoms with E-state index in [4.69, 9.17) is 21.1 Å². The quantitative estimate of drug-likeness (QED) is 0.739. The summed E-state index contributed by atoms with van der Waals surface area (Å²) in [7, 11) is 2.99. The number of rotatable bonds is 8. The Balaban J connectivity index is 1.94. The van der Waals surface area contributed by atoms with Crippen molar-refractivity contribution < 1.29 is 19.1 Å². The van der Waals surface area contributed by atoms with E-state index < -0.39 is 0 Å². The van der Waals surface area contributed by atoms with E-state index in [-0.39, 0.29) is 23.7 Å². The van der Waals surface area contributed by atoms with Gasteiger partial charge in [-0.15, -0.1) is 0 Å². The Morgan fingerprint density at radius 1 is 1.16 bits per heavy atom. The third-order valence-corrected chi connectivity index (χ3v) is 4.51. The van der Waals surface area contributed by atoms with Gasteiger partial charge in [0.25, 0.3) is 0 Å². The Hall–Kier alpha value is -1.95. The lowest BCUT2D eigenvalue weighted by Crippen LogP contribution is -2.28. The fourth-order valence-corrected chi connectivity index (χ4v) is 2.80. The van der Waals surface area contributed by atoms with Crippen LogP contribution >= 0.6 is 11.6 Å². The molecule has 0 heterocycles. The van der Waals surface area contributed by atoms with Crippen molar-refractivity contribution in [2.45, 2.75) is 26.7 Å². The van der Waals surface area contributed by atoms with E-state index in [0.29, 0.717) is 41.1 Å². The number of nitrogens with one attached hydrogen (secondary N) is 2. The van der Waals surface area contributed by atoms with E-state index in [0.717, 1.165) is 6.42 Å². The molecule has 1 aliphatic rings. The van der Waals surface area contributed by atoms with Crippen LogP contribution in [0.4, 0.5) is 5.69 Å². The number of ether oxygens (including phenoxy) is 2. The number of halogens is 1. The highest BCUT2D eigenvalue weighted by atomic mass is 35.5. The van der Waals surface area contributed by atoms with Gasteiger partial charge in [-0.2, -0.15) is 0 Å². The summed E-state index contributed by atoms with van der Waals surface area (Å²) in [5, 5.41) is 6.09. The lowest BCUT2D eigenvalue weighted by Gasteiger charge is -2.13. The van der Waals surface area contributed by atoms with Crippen molar-refractivity contribution in [3.05, 3.63) is 17.2 Å². The van der Waals surface area contributed by atoms with E-state index in [1.54, 1.807) is 12.1 Å². The first kappa shape index (κ1) is 19.4. The van der Waals surface area contributed by atoms with Gasteiger partial charge in [-0.3, -0.25) is 9.59 Å². The number of anilines is 1. The van der Waals surface area contributed by atoms with Crippen molar-refractivity contribution in [2.75, 3.05) is 26.1 Å². The normalized spacial score (nSPS) is 18.6. The molecule has 2 unspecified atom stereocenters. The van der Waals surface area contributed by atoms with Gasteiger partial charge in [-0.05, 0) is 18.8 Å². The van der Waals surface area contributed by atoms with Crippen molar-refractivity contribution in [3.63, 3.8) is 0 Å². The molecule has 0 aliphatic heterocycles. The average Bonchev–Trinajstić information content (AvgIpc) is 3.36. The Morgan fingerprint density at radius 2 is 1.80 bits per heavy atom. The summed E-state index contributed by atoms with van der Waals surface area (Å²) in [5.41, 5.74) is 0.472. The van der Waals surface area contributed by atoms with Crippen LogP contribution < -0.4 is 20.1 Å². The van der Waals surface area contributed by atoms with Crippen LogP contribution in [0.25, 0.3) is 0 Å². The van der Waals surface area contributed by atoms with E-state index in [1.807, 2.05) is 0 Å². The summed E-state index contributed by atoms with van der Waals surface area (Å²) in [5.74, 6) is 0.589. The SMILES string of the molecule is COc1cc(NC(=O)C2CC2C(=O)NCCC(C)C)c(OC)cc1Cl. The van der Waals surface area contributed by atoms with Gasteiger partial charge >= 0.3 is 0 Å². The molecule has 1 aliphatic carbocycles. The van der Waals surface area contributed by atoms with Gasteiger partial charge in [0.15, 0.2) is 0 Å². The second-order valence-electron chi connectivity index (χ2n) is 6.60. The van der Waals surface area contributed by atoms with Gasteiger partial charge in [0, 0.05) is 18.7 Å². The molecule has 1 fully saturated rings. The maximum absolute atomic E-state index is 12.4. The molecule has 0 bridgehead atoms. The lowest BCUT2D eigenvalue weighted by atomic mass is 10.1. The standard InChI is InChI=1S/C18H25ClN2O4/c1-10(2)5-6-20-17(22)11-7-12(11)18(23)21-14-9-15(24-3)13(19)8-16(14)25-4/h8-12H,5-7H2,1-4H3,(H,20,22)(H,21,23). The predicted octanol–water partition coefficient (Wildman–Crippen LogP) is 3.09. The predicted molar refractivity (Wildman–Crippen MR) is 97.2 cm³/mol. The fraction of sp³-hybridized carbons (Fsp3) is 0.556. The topological polar surface area (TPSA) is 76.7 Å². The van der Waals surface area contributed by atoms with E-state index in [9.17, 15) is 9.59 Å². The highest BCUT2D eigenvalue weighted by Crippen LogP contribution is 2.41. The molecule has 0 spiro atoms. The summed E-state index contributed by atoms with van der Waals surface area (Å²) < 4.78 is 10.4. The largest absolute Gasteiger partial charge is 0.495 e. The fourth-order valence-electron chi connectivity index (χ4n) is 2.57. The molecule has 7 heteroatoms. The van der Waals surface area contributed by atoms with Gasteiger partial charge in [0.05, 0.1) is 36.8 Å². The molecule has 1 aromatic rings. The number of carbonyl (C=O) groups excluding carboxylic acids is 2. The zero-order valence-corrected chi connectivity index (χ0v) is 15.8. The number of benzene rings is 1. The minimum Gasteiger partial charge on any atom is -0.495 e. The highest BCUT2D eigenvalue weighted by Gasteiger charge is 2.48. The number of hydrogen-bond acceptors (Lipinski definition) is 4. The molecule has 2 amide bonds. The van der Waals surface area contributed by atoms with Gasteiger partial charge in [-0.25, -0.2) is 0 Å². The second-order valence-corrected chi connectivity index (χ2v) is 7.01. The highest BCUT2D eigenvalue weighted by molar-refractivity contribution is 6.32. The average molecular weight is 369 g/mol. The van der Waals surface area contributed by atoms with Crippen LogP contribution in [0.5, 0.6) is 11.5 Å². The smallest absolute Gasteiger partial charge is 0.228 e. The lowest BCUT2D eigenvalue weighted by molar-refractivity contribution is -0.125. The number of hydrogen-bond donors (Lipinski definition) is 2. The number of carbonyl (C=O) groups is 2. The molecule has 0 aromatic heterocycles. The molecule has 1 saturated carbocycles. The van der Waals surface area contributed by atoms with E-state index >= 15 is 0 Å². The van der Waals surface area contributed by atoms with Crippen LogP contribution in [0.15, 0.2) is 12.1 Å². The summed E-state index contributed by atoms with van der Waals surface area (Å²) in [6.45, 7) is 4.85. The molecule has 138 valence electrons. The van der Waals surface area contributed by atoms with Crippen LogP contribution in [0.3, 0.4) is 0 Å². The van der Waals surface area contributed by atoms with Crippen molar-refractivity contribution >= 4 is 29.1 Å². The molecular formula is C18H25ClN2O4. The maximum atomic E-state index is 12.4. The van der Waals surface area contributed by atoms with Gasteiger partial charge in [-0.1, -0.05) is 25.4 Å². The molecule has 2 rings (SSSR count). The zero-order chi connectivity index (χ0) is 18.6. The Labute approximate surface area is 153 Å². The van der Waals surface area contributed by atoms with Crippen LogP contribution in [0.2, 0.25) is 5.02 Å². The Bertz CT molecular complexity index is 648. The number of amides is 2. The third-order valence-electron chi connectivity index (χ3n) is 4.22. The molecule has 25 heavy (non-hydrogen) atoms. The molecule has 0 saturated heterocycles. The minimum atomic E-state index is -0.314. The second kappa shape index (κ2) is 8.43. The minimum absolute atomic E-state index is 0.0542. The van der Waals surface area contributed by atoms with Crippen molar-refractivity contribution in [1.29, 1.82) is 0 Å². The zero-order valence-electron chi connectivity index (χ0n) is 15.0. The molecule has 1 aromatic carbocycles. The first-order valence-corrected chi connectivity index (χ1v) is 8.75. The van der Waals surface area contributed by atoms with Crippen molar-refractivity contribution in [3.8, 4) is 11.5 Å². The number of methoxy groups -OCH3 is 2. The Kier molecular flexibility index (Phi) is 6.53. The molecule has 0 radical (unpaired) electrons. The molecule has 6 nitrogen and oxygen atoms in total. The molecule has 2 atom stereocenters. The summed E-state index contributed by atoms with van der Waals surface area (Å²) >= 11 is 6.06. The van der Waals surface area contributed by atoms with Gasteiger partial charge in [0.1, 0.15) is 11.5 Å². The summed E-state index contributed by atoms with van der Waals surface area (Å²) in [4.78, 5) is 24.5. The summed E-state index contributed by atoms with van der Waals surface area (Å²) in [6.07, 6.45) is 1.49. The molecular weight excluding hydrogens is 344 g/mol. The summed E-state index contributed by atoms with van der Waals surface area (Å²) in [6, 6.07) is 3.19.